The smallest absolute Gasteiger partial charge is 0.262 e. The SMILES string of the molecule is CCCc1nc2sc(-c3ccccc3)cc2c(=O)n1Cc1cccc(F)c1. The predicted molar refractivity (Wildman–Crippen MR) is 109 cm³/mol. The van der Waals surface area contributed by atoms with Crippen LogP contribution in [0, 0.1) is 5.82 Å². The van der Waals surface area contributed by atoms with E-state index in [0.29, 0.717) is 18.4 Å². The standard InChI is InChI=1S/C22H19FN2OS/c1-2-7-20-24-21-18(13-19(27-21)16-9-4-3-5-10-16)22(26)25(20)14-15-8-6-11-17(23)12-15/h3-6,8-13H,2,7,14H2,1H3. The Morgan fingerprint density at radius 2 is 1.89 bits per heavy atom. The summed E-state index contributed by atoms with van der Waals surface area (Å²) in [7, 11) is 0. The van der Waals surface area contributed by atoms with Crippen molar-refractivity contribution < 1.29 is 4.39 Å². The van der Waals surface area contributed by atoms with Gasteiger partial charge in [-0.15, -0.1) is 11.3 Å². The highest BCUT2D eigenvalue weighted by Gasteiger charge is 2.15. The highest BCUT2D eigenvalue weighted by molar-refractivity contribution is 7.21. The number of aromatic nitrogens is 2. The number of rotatable bonds is 5. The zero-order chi connectivity index (χ0) is 18.8. The molecule has 2 aromatic carbocycles. The van der Waals surface area contributed by atoms with Crippen LogP contribution in [0.4, 0.5) is 4.39 Å². The third-order valence-electron chi connectivity index (χ3n) is 4.49. The molecule has 0 aliphatic rings. The van der Waals surface area contributed by atoms with Crippen LogP contribution in [0.5, 0.6) is 0 Å². The number of halogens is 1. The summed E-state index contributed by atoms with van der Waals surface area (Å²) < 4.78 is 15.2. The second kappa shape index (κ2) is 7.45. The van der Waals surface area contributed by atoms with Crippen molar-refractivity contribution in [3.05, 3.63) is 88.2 Å². The molecule has 3 nitrogen and oxygen atoms in total. The molecule has 0 radical (unpaired) electrons. The van der Waals surface area contributed by atoms with Crippen LogP contribution >= 0.6 is 11.3 Å². The number of aryl methyl sites for hydroxylation is 1. The number of hydrogen-bond acceptors (Lipinski definition) is 3. The summed E-state index contributed by atoms with van der Waals surface area (Å²) in [4.78, 5) is 19.8. The number of benzene rings is 2. The molecule has 27 heavy (non-hydrogen) atoms. The topological polar surface area (TPSA) is 34.9 Å². The van der Waals surface area contributed by atoms with Gasteiger partial charge < -0.3 is 0 Å². The summed E-state index contributed by atoms with van der Waals surface area (Å²) in [5.74, 6) is 0.453. The van der Waals surface area contributed by atoms with Crippen molar-refractivity contribution in [1.29, 1.82) is 0 Å². The molecule has 4 rings (SSSR count). The van der Waals surface area contributed by atoms with Crippen LogP contribution in [-0.4, -0.2) is 9.55 Å². The maximum atomic E-state index is 13.6. The monoisotopic (exact) mass is 378 g/mol. The van der Waals surface area contributed by atoms with E-state index in [9.17, 15) is 9.18 Å². The first-order valence-corrected chi connectivity index (χ1v) is 9.80. The van der Waals surface area contributed by atoms with Gasteiger partial charge in [-0.05, 0) is 35.7 Å². The quantitative estimate of drug-likeness (QED) is 0.474. The van der Waals surface area contributed by atoms with Crippen molar-refractivity contribution in [1.82, 2.24) is 9.55 Å². The lowest BCUT2D eigenvalue weighted by Gasteiger charge is -2.12. The van der Waals surface area contributed by atoms with Gasteiger partial charge in [-0.1, -0.05) is 49.4 Å². The molecule has 4 aromatic rings. The molecule has 0 amide bonds. The Balaban J connectivity index is 1.85. The van der Waals surface area contributed by atoms with Gasteiger partial charge in [0.1, 0.15) is 16.5 Å². The van der Waals surface area contributed by atoms with Crippen molar-refractivity contribution in [2.24, 2.45) is 0 Å². The van der Waals surface area contributed by atoms with Crippen molar-refractivity contribution in [3.63, 3.8) is 0 Å². The molecule has 0 spiro atoms. The molecule has 0 bridgehead atoms. The lowest BCUT2D eigenvalue weighted by atomic mass is 10.2. The Morgan fingerprint density at radius 3 is 2.63 bits per heavy atom. The molecular formula is C22H19FN2OS. The average Bonchev–Trinajstić information content (AvgIpc) is 3.10. The summed E-state index contributed by atoms with van der Waals surface area (Å²) in [6.07, 6.45) is 1.59. The maximum absolute atomic E-state index is 13.6. The molecule has 0 aliphatic heterocycles. The van der Waals surface area contributed by atoms with Gasteiger partial charge in [0.15, 0.2) is 0 Å². The van der Waals surface area contributed by atoms with Gasteiger partial charge in [0.2, 0.25) is 0 Å². The van der Waals surface area contributed by atoms with E-state index in [2.05, 4.69) is 6.92 Å². The van der Waals surface area contributed by atoms with Crippen molar-refractivity contribution >= 4 is 21.6 Å². The first kappa shape index (κ1) is 17.6. The Hall–Kier alpha value is -2.79. The summed E-state index contributed by atoms with van der Waals surface area (Å²) in [5, 5.41) is 0.620. The fourth-order valence-electron chi connectivity index (χ4n) is 3.20. The van der Waals surface area contributed by atoms with Crippen LogP contribution in [0.1, 0.15) is 24.7 Å². The Morgan fingerprint density at radius 1 is 1.07 bits per heavy atom. The first-order valence-electron chi connectivity index (χ1n) is 8.99. The molecule has 5 heteroatoms. The molecule has 2 aromatic heterocycles. The fourth-order valence-corrected chi connectivity index (χ4v) is 4.24. The normalized spacial score (nSPS) is 11.2. The number of nitrogens with zero attached hydrogens (tertiary/aromatic N) is 2. The van der Waals surface area contributed by atoms with Gasteiger partial charge in [-0.25, -0.2) is 9.37 Å². The molecular weight excluding hydrogens is 359 g/mol. The van der Waals surface area contributed by atoms with E-state index in [1.165, 1.54) is 23.5 Å². The molecule has 136 valence electrons. The van der Waals surface area contributed by atoms with E-state index in [-0.39, 0.29) is 11.4 Å². The molecule has 0 fully saturated rings. The fraction of sp³-hybridized carbons (Fsp3) is 0.182. The zero-order valence-electron chi connectivity index (χ0n) is 15.0. The van der Waals surface area contributed by atoms with Crippen LogP contribution < -0.4 is 5.56 Å². The number of hydrogen-bond donors (Lipinski definition) is 0. The average molecular weight is 378 g/mol. The lowest BCUT2D eigenvalue weighted by Crippen LogP contribution is -2.25. The van der Waals surface area contributed by atoms with Gasteiger partial charge in [-0.3, -0.25) is 9.36 Å². The van der Waals surface area contributed by atoms with Crippen LogP contribution in [0.3, 0.4) is 0 Å². The van der Waals surface area contributed by atoms with E-state index in [1.807, 2.05) is 42.5 Å². The Kier molecular flexibility index (Phi) is 4.86. The van der Waals surface area contributed by atoms with Gasteiger partial charge in [0, 0.05) is 11.3 Å². The predicted octanol–water partition coefficient (Wildman–Crippen LogP) is 5.26. The van der Waals surface area contributed by atoms with Gasteiger partial charge in [-0.2, -0.15) is 0 Å². The molecule has 0 saturated carbocycles. The van der Waals surface area contributed by atoms with E-state index >= 15 is 0 Å². The second-order valence-electron chi connectivity index (χ2n) is 6.49. The van der Waals surface area contributed by atoms with Gasteiger partial charge in [0.25, 0.3) is 5.56 Å². The van der Waals surface area contributed by atoms with Crippen LogP contribution in [-0.2, 0) is 13.0 Å². The lowest BCUT2D eigenvalue weighted by molar-refractivity contribution is 0.618. The summed E-state index contributed by atoms with van der Waals surface area (Å²) in [5.41, 5.74) is 1.77. The molecule has 0 N–H and O–H groups in total. The number of thiophene rings is 1. The molecule has 0 saturated heterocycles. The van der Waals surface area contributed by atoms with Crippen molar-refractivity contribution in [3.8, 4) is 10.4 Å². The minimum absolute atomic E-state index is 0.0638. The van der Waals surface area contributed by atoms with Crippen LogP contribution in [0.15, 0.2) is 65.5 Å². The van der Waals surface area contributed by atoms with Gasteiger partial charge in [0.05, 0.1) is 11.9 Å². The second-order valence-corrected chi connectivity index (χ2v) is 7.53. The third kappa shape index (κ3) is 3.55. The first-order chi connectivity index (χ1) is 13.2. The molecule has 0 atom stereocenters. The van der Waals surface area contributed by atoms with Crippen LogP contribution in [0.2, 0.25) is 0 Å². The maximum Gasteiger partial charge on any atom is 0.262 e. The van der Waals surface area contributed by atoms with Crippen molar-refractivity contribution in [2.75, 3.05) is 0 Å². The minimum Gasteiger partial charge on any atom is -0.292 e. The van der Waals surface area contributed by atoms with Crippen molar-refractivity contribution in [2.45, 2.75) is 26.3 Å². The molecule has 2 heterocycles. The zero-order valence-corrected chi connectivity index (χ0v) is 15.8. The largest absolute Gasteiger partial charge is 0.292 e. The Bertz CT molecular complexity index is 1150. The Labute approximate surface area is 160 Å². The third-order valence-corrected chi connectivity index (χ3v) is 5.57. The van der Waals surface area contributed by atoms with Gasteiger partial charge >= 0.3 is 0 Å². The van der Waals surface area contributed by atoms with E-state index in [0.717, 1.165) is 33.1 Å². The van der Waals surface area contributed by atoms with E-state index in [4.69, 9.17) is 4.98 Å². The molecule has 0 unspecified atom stereocenters. The number of fused-ring (bicyclic) bond motifs is 1. The van der Waals surface area contributed by atoms with Crippen LogP contribution in [0.25, 0.3) is 20.7 Å². The minimum atomic E-state index is -0.298. The highest BCUT2D eigenvalue weighted by atomic mass is 32.1. The summed E-state index contributed by atoms with van der Waals surface area (Å²) in [6.45, 7) is 2.39. The van der Waals surface area contributed by atoms with E-state index < -0.39 is 0 Å². The molecule has 0 aliphatic carbocycles. The summed E-state index contributed by atoms with van der Waals surface area (Å²) >= 11 is 1.54. The summed E-state index contributed by atoms with van der Waals surface area (Å²) in [6, 6.07) is 18.3. The van der Waals surface area contributed by atoms with E-state index in [1.54, 1.807) is 10.6 Å². The highest BCUT2D eigenvalue weighted by Crippen LogP contribution is 2.31.